The monoisotopic (exact) mass is 586 g/mol. The first-order chi connectivity index (χ1) is 16.7. The van der Waals surface area contributed by atoms with Crippen LogP contribution in [0, 0.1) is 0 Å². The van der Waals surface area contributed by atoms with Crippen molar-refractivity contribution in [1.29, 1.82) is 0 Å². The first-order valence-electron chi connectivity index (χ1n) is 10.8. The van der Waals surface area contributed by atoms with Gasteiger partial charge in [0.1, 0.15) is 0 Å². The van der Waals surface area contributed by atoms with Gasteiger partial charge in [-0.05, 0) is 0 Å². The van der Waals surface area contributed by atoms with Gasteiger partial charge in [0.2, 0.25) is 0 Å². The number of hydrogen-bond acceptors (Lipinski definition) is 4. The third kappa shape index (κ3) is 4.81. The molecule has 0 amide bonds. The molecule has 1 aliphatic heterocycles. The molecule has 1 fully saturated rings. The molecule has 0 bridgehead atoms. The molecule has 37 heavy (non-hydrogen) atoms. The van der Waals surface area contributed by atoms with E-state index in [0.717, 1.165) is 18.2 Å². The molecule has 0 unspecified atom stereocenters. The fourth-order valence-corrected chi connectivity index (χ4v) is 7.74. The number of hydrogen-bond donors (Lipinski definition) is 0. The van der Waals surface area contributed by atoms with E-state index in [0.29, 0.717) is 12.1 Å². The third-order valence-corrected chi connectivity index (χ3v) is 9.06. The summed E-state index contributed by atoms with van der Waals surface area (Å²) in [5.41, 5.74) is -14.0. The average Bonchev–Trinajstić information content (AvgIpc) is 3.07. The number of unbranched alkanes of at least 4 members (excludes halogenated alkanes) is 2. The normalized spacial score (nSPS) is 22.4. The molecule has 4 nitrogen and oxygen atoms in total. The van der Waals surface area contributed by atoms with E-state index >= 15 is 0 Å². The van der Waals surface area contributed by atoms with Gasteiger partial charge in [0, 0.05) is 0 Å². The first kappa shape index (κ1) is 31.9. The fraction of sp³-hybridized carbons (Fsp3) is 0.700. The van der Waals surface area contributed by atoms with E-state index in [9.17, 15) is 52.7 Å². The maximum atomic E-state index is 14.3. The van der Waals surface area contributed by atoms with Gasteiger partial charge in [-0.1, -0.05) is 0 Å². The SMILES string of the molecule is CCCCOP1(OCCCC)(c2ccccc2)OC(C(F)(F)F)(C(F)(F)F)C(C(F)(F)F)(C(F)(F)F)O1. The van der Waals surface area contributed by atoms with E-state index in [1.165, 1.54) is 13.8 Å². The predicted octanol–water partition coefficient (Wildman–Crippen LogP) is 7.93. The van der Waals surface area contributed by atoms with Crippen LogP contribution in [0.25, 0.3) is 0 Å². The quantitative estimate of drug-likeness (QED) is 0.167. The van der Waals surface area contributed by atoms with Crippen molar-refractivity contribution >= 4 is 12.8 Å². The van der Waals surface area contributed by atoms with Gasteiger partial charge >= 0.3 is 203 Å². The van der Waals surface area contributed by atoms with E-state index in [1.807, 2.05) is 0 Å². The van der Waals surface area contributed by atoms with Crippen molar-refractivity contribution < 1.29 is 70.8 Å². The fourth-order valence-electron chi connectivity index (χ4n) is 3.75. The minimum atomic E-state index is -7.38. The molecule has 216 valence electrons. The number of halogens is 12. The van der Waals surface area contributed by atoms with Gasteiger partial charge in [0.05, 0.1) is 0 Å². The molecule has 1 heterocycles. The molecule has 17 heteroatoms. The van der Waals surface area contributed by atoms with Crippen molar-refractivity contribution in [2.45, 2.75) is 75.4 Å². The molecule has 0 aliphatic carbocycles. The van der Waals surface area contributed by atoms with Crippen LogP contribution in [-0.2, 0) is 18.1 Å². The summed E-state index contributed by atoms with van der Waals surface area (Å²) in [5, 5.41) is -1.12. The molecule has 0 radical (unpaired) electrons. The van der Waals surface area contributed by atoms with Gasteiger partial charge in [-0.2, -0.15) is 0 Å². The van der Waals surface area contributed by atoms with Crippen LogP contribution in [0.15, 0.2) is 30.3 Å². The minimum absolute atomic E-state index is 0.129. The second-order valence-electron chi connectivity index (χ2n) is 8.06. The number of benzene rings is 1. The van der Waals surface area contributed by atoms with E-state index in [2.05, 4.69) is 9.05 Å². The number of alkyl halides is 12. The van der Waals surface area contributed by atoms with Gasteiger partial charge in [-0.3, -0.25) is 0 Å². The Morgan fingerprint density at radius 3 is 1.22 bits per heavy atom. The van der Waals surface area contributed by atoms with Crippen LogP contribution < -0.4 is 5.30 Å². The van der Waals surface area contributed by atoms with Crippen molar-refractivity contribution in [3.8, 4) is 0 Å². The molecule has 1 aromatic carbocycles. The molecule has 1 aromatic rings. The van der Waals surface area contributed by atoms with Crippen molar-refractivity contribution in [3.05, 3.63) is 30.3 Å². The summed E-state index contributed by atoms with van der Waals surface area (Å²) >= 11 is 0. The Kier molecular flexibility index (Phi) is 8.61. The zero-order valence-corrected chi connectivity index (χ0v) is 20.1. The van der Waals surface area contributed by atoms with Crippen molar-refractivity contribution in [3.63, 3.8) is 0 Å². The van der Waals surface area contributed by atoms with E-state index in [1.54, 1.807) is 0 Å². The number of rotatable bonds is 9. The molecule has 1 aliphatic rings. The van der Waals surface area contributed by atoms with Gasteiger partial charge < -0.3 is 0 Å². The van der Waals surface area contributed by atoms with Gasteiger partial charge in [-0.15, -0.1) is 0 Å². The van der Waals surface area contributed by atoms with Crippen LogP contribution in [0.2, 0.25) is 0 Å². The summed E-state index contributed by atoms with van der Waals surface area (Å²) in [6.07, 6.45) is -29.7. The van der Waals surface area contributed by atoms with Crippen LogP contribution in [-0.4, -0.2) is 49.1 Å². The standard InChI is InChI=1S/C20H23F12O4P/c1-3-5-12-33-37(34-13-6-4-2,14-10-8-7-9-11-14)35-15(17(21,22)23,18(24,25)26)16(36-37,19(27,28)29)20(30,31)32/h7-11H,3-6,12-13H2,1-2H3. The topological polar surface area (TPSA) is 36.9 Å². The Balaban J connectivity index is 3.21. The Labute approximate surface area is 203 Å². The Morgan fingerprint density at radius 2 is 0.946 bits per heavy atom. The third-order valence-electron chi connectivity index (χ3n) is 5.48. The van der Waals surface area contributed by atoms with Crippen molar-refractivity contribution in [2.24, 2.45) is 0 Å². The van der Waals surface area contributed by atoms with Crippen LogP contribution in [0.5, 0.6) is 0 Å². The Morgan fingerprint density at radius 1 is 0.622 bits per heavy atom. The summed E-state index contributed by atoms with van der Waals surface area (Å²) in [7, 11) is -7.25. The van der Waals surface area contributed by atoms with Crippen molar-refractivity contribution in [2.75, 3.05) is 13.2 Å². The predicted molar refractivity (Wildman–Crippen MR) is 107 cm³/mol. The van der Waals surface area contributed by atoms with E-state index in [4.69, 9.17) is 9.05 Å². The second-order valence-corrected chi connectivity index (χ2v) is 11.1. The second kappa shape index (κ2) is 10.00. The molecule has 0 aromatic heterocycles. The van der Waals surface area contributed by atoms with Crippen LogP contribution >= 0.6 is 7.51 Å². The zero-order valence-electron chi connectivity index (χ0n) is 19.2. The van der Waals surface area contributed by atoms with Gasteiger partial charge in [0.15, 0.2) is 0 Å². The van der Waals surface area contributed by atoms with E-state index in [-0.39, 0.29) is 25.7 Å². The van der Waals surface area contributed by atoms with Crippen LogP contribution in [0.4, 0.5) is 52.7 Å². The molecular weight excluding hydrogens is 563 g/mol. The average molecular weight is 586 g/mol. The molecule has 0 atom stereocenters. The first-order valence-corrected chi connectivity index (χ1v) is 12.7. The molecular formula is C20H23F12O4P. The van der Waals surface area contributed by atoms with Gasteiger partial charge in [0.25, 0.3) is 0 Å². The van der Waals surface area contributed by atoms with Crippen LogP contribution in [0.1, 0.15) is 39.5 Å². The summed E-state index contributed by atoms with van der Waals surface area (Å²) in [6, 6.07) is 4.23. The molecule has 2 rings (SSSR count). The maximum absolute atomic E-state index is 14.3. The summed E-state index contributed by atoms with van der Waals surface area (Å²) in [4.78, 5) is 0. The van der Waals surface area contributed by atoms with E-state index < -0.39 is 61.9 Å². The summed E-state index contributed by atoms with van der Waals surface area (Å²) in [6.45, 7) is 1.02. The summed E-state index contributed by atoms with van der Waals surface area (Å²) in [5.74, 6) is 0. The molecule has 1 saturated heterocycles. The van der Waals surface area contributed by atoms with Gasteiger partial charge in [-0.25, -0.2) is 0 Å². The Hall–Kier alpha value is -1.35. The van der Waals surface area contributed by atoms with Crippen molar-refractivity contribution in [1.82, 2.24) is 0 Å². The van der Waals surface area contributed by atoms with Crippen LogP contribution in [0.3, 0.4) is 0 Å². The zero-order chi connectivity index (χ0) is 28.6. The Bertz CT molecular complexity index is 829. The molecule has 0 spiro atoms. The molecule has 0 N–H and O–H groups in total. The molecule has 0 saturated carbocycles. The summed E-state index contributed by atoms with van der Waals surface area (Å²) < 4.78 is 190.